The summed E-state index contributed by atoms with van der Waals surface area (Å²) in [6.07, 6.45) is 2.93. The van der Waals surface area contributed by atoms with Gasteiger partial charge in [-0.05, 0) is 30.2 Å². The second-order valence-electron chi connectivity index (χ2n) is 4.84. The number of hydrogen-bond acceptors (Lipinski definition) is 4. The van der Waals surface area contributed by atoms with Crippen LogP contribution in [0, 0.1) is 0 Å². The third-order valence-corrected chi connectivity index (χ3v) is 2.90. The largest absolute Gasteiger partial charge is 0.477 e. The molecular weight excluding hydrogens is 270 g/mol. The Balaban J connectivity index is 2.89. The fraction of sp³-hybridized carbons (Fsp3) is 0.375. The molecule has 1 rings (SSSR count). The van der Waals surface area contributed by atoms with E-state index in [0.29, 0.717) is 5.56 Å². The molecule has 1 aromatic carbocycles. The molecule has 0 heterocycles. The summed E-state index contributed by atoms with van der Waals surface area (Å²) in [6, 6.07) is 7.23. The zero-order valence-corrected chi connectivity index (χ0v) is 12.6. The van der Waals surface area contributed by atoms with Gasteiger partial charge >= 0.3 is 11.9 Å². The first kappa shape index (κ1) is 16.8. The van der Waals surface area contributed by atoms with Crippen LogP contribution >= 0.6 is 0 Å². The van der Waals surface area contributed by atoms with Crippen LogP contribution in [-0.4, -0.2) is 37.7 Å². The van der Waals surface area contributed by atoms with E-state index in [1.165, 1.54) is 6.08 Å². The van der Waals surface area contributed by atoms with Gasteiger partial charge in [-0.2, -0.15) is 0 Å². The predicted molar refractivity (Wildman–Crippen MR) is 82.2 cm³/mol. The molecule has 5 nitrogen and oxygen atoms in total. The topological polar surface area (TPSA) is 66.8 Å². The minimum atomic E-state index is -1.28. The molecule has 1 aromatic rings. The molecule has 0 saturated heterocycles. The lowest BCUT2D eigenvalue weighted by Gasteiger charge is -2.12. The van der Waals surface area contributed by atoms with Gasteiger partial charge in [-0.1, -0.05) is 25.5 Å². The van der Waals surface area contributed by atoms with Gasteiger partial charge < -0.3 is 14.7 Å². The molecule has 0 radical (unpaired) electrons. The van der Waals surface area contributed by atoms with Crippen molar-refractivity contribution in [2.45, 2.75) is 19.8 Å². The molecule has 0 spiro atoms. The van der Waals surface area contributed by atoms with Crippen LogP contribution in [0.2, 0.25) is 0 Å². The normalized spacial score (nSPS) is 11.1. The van der Waals surface area contributed by atoms with Gasteiger partial charge in [-0.25, -0.2) is 9.59 Å². The third-order valence-electron chi connectivity index (χ3n) is 2.90. The number of carbonyl (C=O) groups excluding carboxylic acids is 1. The number of ether oxygens (including phenoxy) is 1. The van der Waals surface area contributed by atoms with Crippen LogP contribution in [0.1, 0.15) is 25.3 Å². The smallest absolute Gasteiger partial charge is 0.345 e. The first-order valence-corrected chi connectivity index (χ1v) is 6.85. The molecule has 0 amide bonds. The molecule has 5 heteroatoms. The number of carboxylic acids is 1. The van der Waals surface area contributed by atoms with Crippen LogP contribution in [0.3, 0.4) is 0 Å². The monoisotopic (exact) mass is 291 g/mol. The van der Waals surface area contributed by atoms with E-state index in [9.17, 15) is 9.59 Å². The Hall–Kier alpha value is -2.30. The number of rotatable bonds is 7. The zero-order valence-electron chi connectivity index (χ0n) is 12.6. The van der Waals surface area contributed by atoms with E-state index < -0.39 is 11.9 Å². The van der Waals surface area contributed by atoms with Crippen LogP contribution in [0.25, 0.3) is 6.08 Å². The summed E-state index contributed by atoms with van der Waals surface area (Å²) in [6.45, 7) is 2.20. The minimum absolute atomic E-state index is 0.236. The van der Waals surface area contributed by atoms with Crippen molar-refractivity contribution in [2.24, 2.45) is 0 Å². The lowest BCUT2D eigenvalue weighted by Crippen LogP contribution is -2.16. The third kappa shape index (κ3) is 5.30. The van der Waals surface area contributed by atoms with Gasteiger partial charge in [0.25, 0.3) is 0 Å². The molecule has 0 aliphatic rings. The fourth-order valence-electron chi connectivity index (χ4n) is 1.63. The van der Waals surface area contributed by atoms with Crippen LogP contribution in [0.4, 0.5) is 5.69 Å². The molecule has 114 valence electrons. The van der Waals surface area contributed by atoms with Crippen molar-refractivity contribution in [3.05, 3.63) is 35.4 Å². The number of aliphatic carboxylic acids is 1. The number of benzene rings is 1. The van der Waals surface area contributed by atoms with Gasteiger partial charge in [0.1, 0.15) is 5.57 Å². The fourth-order valence-corrected chi connectivity index (χ4v) is 1.63. The van der Waals surface area contributed by atoms with Crippen molar-refractivity contribution in [2.75, 3.05) is 25.6 Å². The number of esters is 1. The highest BCUT2D eigenvalue weighted by atomic mass is 16.5. The average Bonchev–Trinajstić information content (AvgIpc) is 2.45. The summed E-state index contributed by atoms with van der Waals surface area (Å²) >= 11 is 0. The van der Waals surface area contributed by atoms with Gasteiger partial charge in [-0.15, -0.1) is 0 Å². The highest BCUT2D eigenvalue weighted by molar-refractivity contribution is 6.17. The predicted octanol–water partition coefficient (Wildman–Crippen LogP) is 2.56. The Labute approximate surface area is 124 Å². The van der Waals surface area contributed by atoms with Crippen molar-refractivity contribution in [1.82, 2.24) is 0 Å². The Bertz CT molecular complexity index is 518. The van der Waals surface area contributed by atoms with Crippen molar-refractivity contribution in [3.63, 3.8) is 0 Å². The minimum Gasteiger partial charge on any atom is -0.477 e. The second kappa shape index (κ2) is 8.09. The summed E-state index contributed by atoms with van der Waals surface area (Å²) in [5.41, 5.74) is 1.28. The first-order chi connectivity index (χ1) is 9.95. The number of anilines is 1. The lowest BCUT2D eigenvalue weighted by atomic mass is 10.1. The Morgan fingerprint density at radius 3 is 2.33 bits per heavy atom. The number of carboxylic acid groups (broad SMARTS) is 1. The molecular formula is C16H21NO4. The van der Waals surface area contributed by atoms with E-state index in [1.807, 2.05) is 38.1 Å². The SMILES string of the molecule is CCCCOC(=O)C(=Cc1ccc(N(C)C)cc1)C(=O)O. The maximum atomic E-state index is 11.8. The lowest BCUT2D eigenvalue weighted by molar-refractivity contribution is -0.144. The summed E-state index contributed by atoms with van der Waals surface area (Å²) in [7, 11) is 3.83. The number of nitrogens with zero attached hydrogens (tertiary/aromatic N) is 1. The van der Waals surface area contributed by atoms with Crippen LogP contribution in [0.5, 0.6) is 0 Å². The highest BCUT2D eigenvalue weighted by Gasteiger charge is 2.18. The summed E-state index contributed by atoms with van der Waals surface area (Å²) < 4.78 is 4.94. The molecule has 1 N–H and O–H groups in total. The summed E-state index contributed by atoms with van der Waals surface area (Å²) in [5, 5.41) is 9.13. The van der Waals surface area contributed by atoms with Gasteiger partial charge in [0, 0.05) is 19.8 Å². The maximum Gasteiger partial charge on any atom is 0.345 e. The van der Waals surface area contributed by atoms with Crippen molar-refractivity contribution in [3.8, 4) is 0 Å². The number of hydrogen-bond donors (Lipinski definition) is 1. The van der Waals surface area contributed by atoms with Crippen molar-refractivity contribution < 1.29 is 19.4 Å². The van der Waals surface area contributed by atoms with Gasteiger partial charge in [0.05, 0.1) is 6.61 Å². The van der Waals surface area contributed by atoms with E-state index in [2.05, 4.69) is 0 Å². The second-order valence-corrected chi connectivity index (χ2v) is 4.84. The molecule has 0 aliphatic carbocycles. The summed E-state index contributed by atoms with van der Waals surface area (Å²) in [4.78, 5) is 24.9. The molecule has 0 atom stereocenters. The molecule has 0 aromatic heterocycles. The highest BCUT2D eigenvalue weighted by Crippen LogP contribution is 2.15. The van der Waals surface area contributed by atoms with Crippen molar-refractivity contribution >= 4 is 23.7 Å². The van der Waals surface area contributed by atoms with E-state index in [1.54, 1.807) is 12.1 Å². The molecule has 0 bridgehead atoms. The van der Waals surface area contributed by atoms with E-state index in [4.69, 9.17) is 9.84 Å². The maximum absolute atomic E-state index is 11.8. The van der Waals surface area contributed by atoms with Gasteiger partial charge in [-0.3, -0.25) is 0 Å². The van der Waals surface area contributed by atoms with Crippen LogP contribution in [-0.2, 0) is 14.3 Å². The standard InChI is InChI=1S/C16H21NO4/c1-4-5-10-21-16(20)14(15(18)19)11-12-6-8-13(9-7-12)17(2)3/h6-9,11H,4-5,10H2,1-3H3,(H,18,19). The Morgan fingerprint density at radius 2 is 1.86 bits per heavy atom. The zero-order chi connectivity index (χ0) is 15.8. The Kier molecular flexibility index (Phi) is 6.46. The van der Waals surface area contributed by atoms with Crippen molar-refractivity contribution in [1.29, 1.82) is 0 Å². The van der Waals surface area contributed by atoms with Gasteiger partial charge in [0.15, 0.2) is 0 Å². The molecule has 0 saturated carbocycles. The first-order valence-electron chi connectivity index (χ1n) is 6.85. The van der Waals surface area contributed by atoms with Crippen LogP contribution < -0.4 is 4.90 Å². The molecule has 0 unspecified atom stereocenters. The Morgan fingerprint density at radius 1 is 1.24 bits per heavy atom. The average molecular weight is 291 g/mol. The molecule has 0 aliphatic heterocycles. The van der Waals surface area contributed by atoms with E-state index in [-0.39, 0.29) is 12.2 Å². The molecule has 21 heavy (non-hydrogen) atoms. The number of carbonyl (C=O) groups is 2. The van der Waals surface area contributed by atoms with Crippen LogP contribution in [0.15, 0.2) is 29.8 Å². The number of unbranched alkanes of at least 4 members (excludes halogenated alkanes) is 1. The van der Waals surface area contributed by atoms with E-state index in [0.717, 1.165) is 18.5 Å². The van der Waals surface area contributed by atoms with Gasteiger partial charge in [0.2, 0.25) is 0 Å². The quantitative estimate of drug-likeness (QED) is 0.275. The summed E-state index contributed by atoms with van der Waals surface area (Å²) in [5.74, 6) is -2.08. The van der Waals surface area contributed by atoms with E-state index >= 15 is 0 Å². The molecule has 0 fully saturated rings.